The largest absolute Gasteiger partial charge is 0.450 e. The van der Waals surface area contributed by atoms with E-state index in [4.69, 9.17) is 4.74 Å². The van der Waals surface area contributed by atoms with Gasteiger partial charge in [0.1, 0.15) is 6.61 Å². The summed E-state index contributed by atoms with van der Waals surface area (Å²) in [5, 5.41) is 21.2. The van der Waals surface area contributed by atoms with Gasteiger partial charge < -0.3 is 14.9 Å². The first-order chi connectivity index (χ1) is 14.9. The zero-order chi connectivity index (χ0) is 23.7. The van der Waals surface area contributed by atoms with E-state index in [1.165, 1.54) is 12.2 Å². The van der Waals surface area contributed by atoms with Crippen LogP contribution < -0.4 is 0 Å². The quantitative estimate of drug-likeness (QED) is 0.642. The second-order valence-corrected chi connectivity index (χ2v) is 10.5. The van der Waals surface area contributed by atoms with Crippen LogP contribution in [0.25, 0.3) is 0 Å². The number of allylic oxidation sites excluding steroid dienone is 4. The second kappa shape index (κ2) is 7.32. The Labute approximate surface area is 187 Å². The van der Waals surface area contributed by atoms with Crippen molar-refractivity contribution in [2.24, 2.45) is 28.6 Å². The van der Waals surface area contributed by atoms with E-state index in [0.717, 1.165) is 0 Å². The Morgan fingerprint density at radius 1 is 1.28 bits per heavy atom. The molecule has 0 spiro atoms. The predicted molar refractivity (Wildman–Crippen MR) is 114 cm³/mol. The van der Waals surface area contributed by atoms with Gasteiger partial charge in [0.2, 0.25) is 5.78 Å². The third kappa shape index (κ3) is 2.61. The van der Waals surface area contributed by atoms with E-state index in [0.29, 0.717) is 24.8 Å². The number of hydrogen-bond donors (Lipinski definition) is 2. The van der Waals surface area contributed by atoms with E-state index in [9.17, 15) is 24.6 Å². The highest BCUT2D eigenvalue weighted by molar-refractivity contribution is 6.01. The zero-order valence-electron chi connectivity index (χ0n) is 19.2. The molecule has 176 valence electrons. The molecule has 32 heavy (non-hydrogen) atoms. The first-order valence-corrected chi connectivity index (χ1v) is 11.6. The van der Waals surface area contributed by atoms with Crippen LogP contribution in [0, 0.1) is 28.6 Å². The van der Waals surface area contributed by atoms with Crippen molar-refractivity contribution in [3.05, 3.63) is 23.8 Å². The molecule has 4 unspecified atom stereocenters. The van der Waals surface area contributed by atoms with Gasteiger partial charge in [-0.15, -0.1) is 0 Å². The number of ketones is 2. The number of aliphatic hydroxyl groups is 2. The Morgan fingerprint density at radius 2 is 1.97 bits per heavy atom. The van der Waals surface area contributed by atoms with Gasteiger partial charge in [0, 0.05) is 29.1 Å². The number of hydrogen-bond acceptors (Lipinski definition) is 6. The van der Waals surface area contributed by atoms with E-state index in [2.05, 4.69) is 0 Å². The molecule has 0 heterocycles. The summed E-state index contributed by atoms with van der Waals surface area (Å²) in [4.78, 5) is 37.5. The zero-order valence-corrected chi connectivity index (χ0v) is 19.2. The number of halogens is 1. The van der Waals surface area contributed by atoms with Gasteiger partial charge in [0.25, 0.3) is 0 Å². The minimum atomic E-state index is -2.02. The molecule has 0 bridgehead atoms. The van der Waals surface area contributed by atoms with Crippen molar-refractivity contribution < 1.29 is 33.7 Å². The van der Waals surface area contributed by atoms with Crippen LogP contribution in [0.1, 0.15) is 59.8 Å². The lowest BCUT2D eigenvalue weighted by Gasteiger charge is -2.62. The third-order valence-corrected chi connectivity index (χ3v) is 9.30. The van der Waals surface area contributed by atoms with Crippen LogP contribution in [0.5, 0.6) is 0 Å². The molecule has 0 aromatic rings. The lowest BCUT2D eigenvalue weighted by molar-refractivity contribution is -0.228. The Kier molecular flexibility index (Phi) is 5.33. The van der Waals surface area contributed by atoms with Crippen molar-refractivity contribution in [3.63, 3.8) is 0 Å². The molecule has 0 radical (unpaired) electrons. The minimum absolute atomic E-state index is 0.0675. The standard InChI is InChI=1S/C25H33FO6/c1-5-21(31)32-25(20(30)13-27)14(2)10-18-17-7-6-15-11-16(28)8-9-22(15,3)24(17,26)19(29)12-23(18,25)4/h8-9,11,14,17-19,27,29H,5-7,10,12-13H2,1-4H3/t14?,17?,18?,19?,22-,23-,24-,25-/m0/s1. The summed E-state index contributed by atoms with van der Waals surface area (Å²) < 4.78 is 23.0. The lowest BCUT2D eigenvalue weighted by atomic mass is 9.44. The number of rotatable bonds is 4. The van der Waals surface area contributed by atoms with Crippen molar-refractivity contribution in [2.45, 2.75) is 77.2 Å². The van der Waals surface area contributed by atoms with E-state index in [1.807, 2.05) is 0 Å². The number of carbonyl (C=O) groups is 3. The molecule has 6 nitrogen and oxygen atoms in total. The van der Waals surface area contributed by atoms with E-state index in [-0.39, 0.29) is 24.5 Å². The lowest BCUT2D eigenvalue weighted by Crippen LogP contribution is -2.70. The average Bonchev–Trinajstić information content (AvgIpc) is 2.96. The Morgan fingerprint density at radius 3 is 2.59 bits per heavy atom. The van der Waals surface area contributed by atoms with Crippen molar-refractivity contribution in [1.82, 2.24) is 0 Å². The van der Waals surface area contributed by atoms with E-state index in [1.54, 1.807) is 33.8 Å². The predicted octanol–water partition coefficient (Wildman–Crippen LogP) is 2.86. The fourth-order valence-corrected chi connectivity index (χ4v) is 7.77. The summed E-state index contributed by atoms with van der Waals surface area (Å²) in [6.07, 6.45) is 4.38. The molecule has 2 N–H and O–H groups in total. The Balaban J connectivity index is 1.85. The summed E-state index contributed by atoms with van der Waals surface area (Å²) in [5.74, 6) is -2.69. The number of Topliss-reactive ketones (excluding diaryl/α,β-unsaturated/α-hetero) is 1. The maximum atomic E-state index is 17.2. The van der Waals surface area contributed by atoms with E-state index >= 15 is 4.39 Å². The topological polar surface area (TPSA) is 101 Å². The number of aliphatic hydroxyl groups excluding tert-OH is 2. The number of esters is 1. The molecule has 4 rings (SSSR count). The monoisotopic (exact) mass is 448 g/mol. The van der Waals surface area contributed by atoms with Crippen molar-refractivity contribution in [1.29, 1.82) is 0 Å². The number of alkyl halides is 1. The molecule has 4 aliphatic carbocycles. The second-order valence-electron chi connectivity index (χ2n) is 10.5. The van der Waals surface area contributed by atoms with Crippen LogP contribution in [0.2, 0.25) is 0 Å². The van der Waals surface area contributed by atoms with Crippen molar-refractivity contribution in [2.75, 3.05) is 6.61 Å². The normalized spacial score (nSPS) is 47.2. The number of carbonyl (C=O) groups excluding carboxylic acids is 3. The van der Waals surface area contributed by atoms with Gasteiger partial charge in [-0.25, -0.2) is 4.39 Å². The Bertz CT molecular complexity index is 925. The molecule has 4 aliphatic rings. The van der Waals surface area contributed by atoms with Gasteiger partial charge in [0.05, 0.1) is 6.10 Å². The van der Waals surface area contributed by atoms with Crippen LogP contribution in [0.4, 0.5) is 4.39 Å². The Hall–Kier alpha value is -1.86. The highest BCUT2D eigenvalue weighted by Crippen LogP contribution is 2.71. The average molecular weight is 449 g/mol. The van der Waals surface area contributed by atoms with Crippen molar-refractivity contribution >= 4 is 17.5 Å². The summed E-state index contributed by atoms with van der Waals surface area (Å²) >= 11 is 0. The molecule has 3 saturated carbocycles. The van der Waals surface area contributed by atoms with Crippen LogP contribution in [0.15, 0.2) is 23.8 Å². The maximum absolute atomic E-state index is 17.2. The third-order valence-electron chi connectivity index (χ3n) is 9.30. The van der Waals surface area contributed by atoms with Gasteiger partial charge in [-0.1, -0.05) is 32.4 Å². The van der Waals surface area contributed by atoms with Crippen LogP contribution >= 0.6 is 0 Å². The van der Waals surface area contributed by atoms with Gasteiger partial charge >= 0.3 is 5.97 Å². The molecule has 0 aliphatic heterocycles. The summed E-state index contributed by atoms with van der Waals surface area (Å²) in [5.41, 5.74) is -5.10. The molecule has 0 aromatic carbocycles. The minimum Gasteiger partial charge on any atom is -0.450 e. The number of ether oxygens (including phenoxy) is 1. The molecular formula is C25H33FO6. The SMILES string of the molecule is CCC(=O)O[C@]1(C(=O)CO)C(C)CC2C3CCC4=CC(=O)C=C[C@]4(C)[C@@]3(F)C(O)C[C@@]21C. The van der Waals surface area contributed by atoms with Crippen LogP contribution in [-0.4, -0.2) is 51.7 Å². The number of fused-ring (bicyclic) bond motifs is 5. The summed E-state index contributed by atoms with van der Waals surface area (Å²) in [7, 11) is 0. The van der Waals surface area contributed by atoms with Crippen molar-refractivity contribution in [3.8, 4) is 0 Å². The van der Waals surface area contributed by atoms with E-state index < -0.39 is 58.4 Å². The molecule has 0 aromatic heterocycles. The smallest absolute Gasteiger partial charge is 0.306 e. The van der Waals surface area contributed by atoms with Gasteiger partial charge in [-0.05, 0) is 50.7 Å². The van der Waals surface area contributed by atoms with Gasteiger partial charge in [-0.2, -0.15) is 0 Å². The fraction of sp³-hybridized carbons (Fsp3) is 0.720. The summed E-state index contributed by atoms with van der Waals surface area (Å²) in [6.45, 7) is 6.19. The molecule has 0 amide bonds. The molecule has 0 saturated heterocycles. The van der Waals surface area contributed by atoms with Crippen LogP contribution in [0.3, 0.4) is 0 Å². The first kappa shape index (κ1) is 23.3. The highest BCUT2D eigenvalue weighted by Gasteiger charge is 2.77. The molecule has 8 atom stereocenters. The summed E-state index contributed by atoms with van der Waals surface area (Å²) in [6, 6.07) is 0. The molecule has 3 fully saturated rings. The molecule has 7 heteroatoms. The molecular weight excluding hydrogens is 415 g/mol. The fourth-order valence-electron chi connectivity index (χ4n) is 7.77. The van der Waals surface area contributed by atoms with Crippen LogP contribution in [-0.2, 0) is 19.1 Å². The highest BCUT2D eigenvalue weighted by atomic mass is 19.1. The first-order valence-electron chi connectivity index (χ1n) is 11.6. The van der Waals surface area contributed by atoms with Gasteiger partial charge in [0.15, 0.2) is 17.1 Å². The maximum Gasteiger partial charge on any atom is 0.306 e. The van der Waals surface area contributed by atoms with Gasteiger partial charge in [-0.3, -0.25) is 14.4 Å².